The van der Waals surface area contributed by atoms with Crippen LogP contribution in [0.25, 0.3) is 11.1 Å². The van der Waals surface area contributed by atoms with Gasteiger partial charge in [-0.3, -0.25) is 0 Å². The van der Waals surface area contributed by atoms with Gasteiger partial charge < -0.3 is 0 Å². The summed E-state index contributed by atoms with van der Waals surface area (Å²) in [5, 5.41) is 0. The van der Waals surface area contributed by atoms with Crippen molar-refractivity contribution in [3.8, 4) is 30.8 Å². The first kappa shape index (κ1) is 12.6. The Balaban J connectivity index is 2.57. The van der Waals surface area contributed by atoms with E-state index in [1.807, 2.05) is 18.2 Å². The molecule has 0 aliphatic rings. The number of rotatable bonds is 1. The molecule has 0 fully saturated rings. The van der Waals surface area contributed by atoms with Crippen molar-refractivity contribution in [3.05, 3.63) is 53.6 Å². The van der Waals surface area contributed by atoms with E-state index < -0.39 is 0 Å². The van der Waals surface area contributed by atoms with Gasteiger partial charge in [0.15, 0.2) is 0 Å². The summed E-state index contributed by atoms with van der Waals surface area (Å²) in [5.41, 5.74) is 4.39. The van der Waals surface area contributed by atoms with E-state index >= 15 is 0 Å². The molecule has 0 nitrogen and oxygen atoms in total. The molecule has 82 valence electrons. The van der Waals surface area contributed by atoms with Gasteiger partial charge in [-0.05, 0) is 13.9 Å². The minimum absolute atomic E-state index is 1.01. The molecular weight excluding hydrogens is 434 g/mol. The van der Waals surface area contributed by atoms with E-state index in [-0.39, 0.29) is 0 Å². The molecule has 0 unspecified atom stereocenters. The summed E-state index contributed by atoms with van der Waals surface area (Å²) in [6.07, 6.45) is 0. The molecule has 2 heteroatoms. The zero-order valence-corrected chi connectivity index (χ0v) is 13.1. The first-order valence-electron chi connectivity index (χ1n) is 4.94. The third kappa shape index (κ3) is 3.31. The summed E-state index contributed by atoms with van der Waals surface area (Å²) in [4.78, 5) is 0. The van der Waals surface area contributed by atoms with Crippen LogP contribution in [0.3, 0.4) is 0 Å². The maximum atomic E-state index is 3.08. The van der Waals surface area contributed by atoms with Crippen molar-refractivity contribution in [1.29, 1.82) is 0 Å². The Labute approximate surface area is 128 Å². The quantitative estimate of drug-likeness (QED) is 0.346. The third-order valence-corrected chi connectivity index (χ3v) is 2.85. The Morgan fingerprint density at radius 3 is 2.06 bits per heavy atom. The topological polar surface area (TPSA) is 0 Å². The minimum Gasteiger partial charge on any atom is -0.176 e. The average molecular weight is 441 g/mol. The molecule has 0 atom stereocenters. The monoisotopic (exact) mass is 441 g/mol. The minimum atomic E-state index is 1.01. The first-order chi connectivity index (χ1) is 8.33. The van der Waals surface area contributed by atoms with Crippen LogP contribution in [0.15, 0.2) is 42.5 Å². The maximum absolute atomic E-state index is 3.08. The second-order valence-electron chi connectivity index (χ2n) is 3.41. The normalized spacial score (nSPS) is 8.82. The van der Waals surface area contributed by atoms with Crippen molar-refractivity contribution in [2.45, 2.75) is 0 Å². The molecule has 0 N–H and O–H groups in total. The van der Waals surface area contributed by atoms with Gasteiger partial charge in [-0.15, -0.1) is 6.07 Å². The Bertz CT molecular complexity index is 591. The van der Waals surface area contributed by atoms with E-state index in [1.165, 1.54) is 11.1 Å². The number of hydrogen-bond donors (Lipinski definition) is 0. The van der Waals surface area contributed by atoms with Crippen LogP contribution in [0, 0.1) is 19.7 Å². The predicted molar refractivity (Wildman–Crippen MR) is 89.3 cm³/mol. The molecule has 2 rings (SSSR count). The van der Waals surface area contributed by atoms with Crippen LogP contribution in [0.1, 0.15) is 11.1 Å². The van der Waals surface area contributed by atoms with Crippen molar-refractivity contribution in [2.75, 3.05) is 0 Å². The van der Waals surface area contributed by atoms with Gasteiger partial charge in [0.05, 0.1) is 0 Å². The average Bonchev–Trinajstić information content (AvgIpc) is 2.83. The van der Waals surface area contributed by atoms with Crippen LogP contribution in [-0.2, 0) is 0 Å². The van der Waals surface area contributed by atoms with E-state index in [1.54, 1.807) is 0 Å². The van der Waals surface area contributed by atoms with Crippen LogP contribution < -0.4 is 0 Å². The van der Waals surface area contributed by atoms with Gasteiger partial charge in [-0.2, -0.15) is 23.8 Å². The molecule has 0 spiro atoms. The van der Waals surface area contributed by atoms with Gasteiger partial charge in [0, 0.05) is 56.3 Å². The third-order valence-electron chi connectivity index (χ3n) is 2.31. The lowest BCUT2D eigenvalue weighted by Gasteiger charge is -2.07. The summed E-state index contributed by atoms with van der Waals surface area (Å²) in [6.45, 7) is 0. The van der Waals surface area contributed by atoms with Crippen LogP contribution in [0.2, 0.25) is 0 Å². The molecule has 2 aromatic carbocycles. The second-order valence-corrected chi connectivity index (χ2v) is 4.49. The largest absolute Gasteiger partial charge is 0.176 e. The van der Waals surface area contributed by atoms with Gasteiger partial charge in [0.2, 0.25) is 0 Å². The first-order valence-corrected chi connectivity index (χ1v) is 7.09. The molecule has 17 heavy (non-hydrogen) atoms. The molecule has 0 radical (unpaired) electrons. The van der Waals surface area contributed by atoms with Crippen LogP contribution in [0.5, 0.6) is 0 Å². The lowest BCUT2D eigenvalue weighted by molar-refractivity contribution is 1.59. The lowest BCUT2D eigenvalue weighted by atomic mass is 10.0. The van der Waals surface area contributed by atoms with E-state index in [9.17, 15) is 0 Å². The van der Waals surface area contributed by atoms with Crippen molar-refractivity contribution < 1.29 is 0 Å². The standard InChI is InChI=1S/C15H7I2/c16-7-5-12-9-13(6-8-17)11-15(10-12)14-3-1-2-4-14/h1-4,9-11H/q-1. The smallest absolute Gasteiger partial charge is 0.0185 e. The molecule has 0 aliphatic carbocycles. The fraction of sp³-hybridized carbons (Fsp3) is 0. The van der Waals surface area contributed by atoms with E-state index in [0.29, 0.717) is 0 Å². The van der Waals surface area contributed by atoms with E-state index in [2.05, 4.69) is 89.1 Å². The van der Waals surface area contributed by atoms with E-state index in [0.717, 1.165) is 11.1 Å². The summed E-state index contributed by atoms with van der Waals surface area (Å²) in [6, 6.07) is 14.5. The molecule has 0 amide bonds. The summed E-state index contributed by atoms with van der Waals surface area (Å²) >= 11 is 4.10. The molecule has 0 saturated heterocycles. The number of benzene rings is 1. The maximum Gasteiger partial charge on any atom is 0.0185 e. The highest BCUT2D eigenvalue weighted by atomic mass is 127. The van der Waals surface area contributed by atoms with Gasteiger partial charge in [-0.1, -0.05) is 29.5 Å². The molecule has 0 bridgehead atoms. The summed E-state index contributed by atoms with van der Waals surface area (Å²) < 4.78 is 5.79. The highest BCUT2D eigenvalue weighted by Crippen LogP contribution is 2.22. The molecule has 0 aliphatic heterocycles. The van der Waals surface area contributed by atoms with Crippen molar-refractivity contribution in [1.82, 2.24) is 0 Å². The zero-order valence-electron chi connectivity index (χ0n) is 8.80. The SMILES string of the molecule is IC#Cc1cc(C#CI)cc(-c2ccc[cH-]2)c1. The lowest BCUT2D eigenvalue weighted by Crippen LogP contribution is -1.83. The van der Waals surface area contributed by atoms with E-state index in [4.69, 9.17) is 0 Å². The summed E-state index contributed by atoms with van der Waals surface area (Å²) in [5.74, 6) is 6.15. The molecular formula is C15H7I2-. The van der Waals surface area contributed by atoms with Gasteiger partial charge >= 0.3 is 0 Å². The number of hydrogen-bond acceptors (Lipinski definition) is 0. The van der Waals surface area contributed by atoms with Crippen molar-refractivity contribution >= 4 is 45.2 Å². The fourth-order valence-electron chi connectivity index (χ4n) is 1.61. The Morgan fingerprint density at radius 2 is 1.59 bits per heavy atom. The van der Waals surface area contributed by atoms with Gasteiger partial charge in [0.1, 0.15) is 0 Å². The van der Waals surface area contributed by atoms with Gasteiger partial charge in [-0.25, -0.2) is 0 Å². The van der Waals surface area contributed by atoms with Crippen LogP contribution in [0.4, 0.5) is 0 Å². The molecule has 0 saturated carbocycles. The fourth-order valence-corrected chi connectivity index (χ4v) is 2.24. The van der Waals surface area contributed by atoms with Crippen LogP contribution in [-0.4, -0.2) is 0 Å². The molecule has 0 heterocycles. The van der Waals surface area contributed by atoms with Gasteiger partial charge in [0.25, 0.3) is 0 Å². The Kier molecular flexibility index (Phi) is 4.58. The highest BCUT2D eigenvalue weighted by molar-refractivity contribution is 14.1. The summed E-state index contributed by atoms with van der Waals surface area (Å²) in [7, 11) is 0. The number of halogens is 2. The molecule has 0 aromatic heterocycles. The zero-order chi connectivity index (χ0) is 12.1. The van der Waals surface area contributed by atoms with Crippen molar-refractivity contribution in [3.63, 3.8) is 0 Å². The second kappa shape index (κ2) is 6.18. The Hall–Kier alpha value is -0.850. The Morgan fingerprint density at radius 1 is 0.941 bits per heavy atom. The van der Waals surface area contributed by atoms with Crippen molar-refractivity contribution in [2.24, 2.45) is 0 Å². The molecule has 2 aromatic rings. The highest BCUT2D eigenvalue weighted by Gasteiger charge is 1.96. The van der Waals surface area contributed by atoms with Crippen LogP contribution >= 0.6 is 45.2 Å². The predicted octanol–water partition coefficient (Wildman–Crippen LogP) is 4.56.